The highest BCUT2D eigenvalue weighted by molar-refractivity contribution is 5.97. The van der Waals surface area contributed by atoms with E-state index in [9.17, 15) is 0 Å². The first-order valence-electron chi connectivity index (χ1n) is 6.93. The third kappa shape index (κ3) is 3.84. The number of ether oxygens (including phenoxy) is 1. The maximum atomic E-state index is 8.81. The maximum Gasteiger partial charge on any atom is 0.219 e. The van der Waals surface area contributed by atoms with Crippen LogP contribution in [0.25, 0.3) is 11.4 Å². The molecule has 0 aliphatic heterocycles. The molecule has 0 fully saturated rings. The van der Waals surface area contributed by atoms with Crippen molar-refractivity contribution >= 4 is 12.1 Å². The van der Waals surface area contributed by atoms with Crippen molar-refractivity contribution in [1.82, 2.24) is 14.8 Å². The lowest BCUT2D eigenvalue weighted by Crippen LogP contribution is -2.09. The van der Waals surface area contributed by atoms with Crippen molar-refractivity contribution in [3.05, 3.63) is 35.7 Å². The van der Waals surface area contributed by atoms with Gasteiger partial charge in [0, 0.05) is 11.8 Å². The van der Waals surface area contributed by atoms with E-state index in [1.165, 1.54) is 6.21 Å². The largest absolute Gasteiger partial charge is 0.394 e. The van der Waals surface area contributed by atoms with Crippen LogP contribution in [0.3, 0.4) is 0 Å². The van der Waals surface area contributed by atoms with Crippen LogP contribution in [0.4, 0.5) is 0 Å². The molecule has 0 spiro atoms. The zero-order valence-corrected chi connectivity index (χ0v) is 12.7. The summed E-state index contributed by atoms with van der Waals surface area (Å²) in [5.74, 6) is 0.840. The molecule has 0 saturated heterocycles. The van der Waals surface area contributed by atoms with Gasteiger partial charge in [-0.25, -0.2) is 14.7 Å². The van der Waals surface area contributed by atoms with Crippen LogP contribution in [0.5, 0.6) is 0 Å². The van der Waals surface area contributed by atoms with E-state index in [1.807, 2.05) is 31.2 Å². The Balaban J connectivity index is 2.38. The van der Waals surface area contributed by atoms with Gasteiger partial charge in [0.25, 0.3) is 0 Å². The van der Waals surface area contributed by atoms with Gasteiger partial charge in [-0.15, -0.1) is 5.10 Å². The molecule has 0 unspecified atom stereocenters. The first-order valence-corrected chi connectivity index (χ1v) is 6.93. The highest BCUT2D eigenvalue weighted by Crippen LogP contribution is 2.19. The van der Waals surface area contributed by atoms with Gasteiger partial charge in [0.2, 0.25) is 5.82 Å². The Labute approximate surface area is 128 Å². The molecule has 1 heterocycles. The van der Waals surface area contributed by atoms with Gasteiger partial charge < -0.3 is 9.84 Å². The lowest BCUT2D eigenvalue weighted by atomic mass is 10.1. The molecule has 0 aliphatic carbocycles. The molecule has 2 rings (SSSR count). The molecule has 22 heavy (non-hydrogen) atoms. The molecule has 0 aliphatic rings. The van der Waals surface area contributed by atoms with Crippen LogP contribution in [0.1, 0.15) is 18.3 Å². The van der Waals surface area contributed by atoms with Crippen molar-refractivity contribution in [2.75, 3.05) is 13.2 Å². The molecule has 0 atom stereocenters. The van der Waals surface area contributed by atoms with Gasteiger partial charge in [-0.2, -0.15) is 0 Å². The Kier molecular flexibility index (Phi) is 5.51. The topological polar surface area (TPSA) is 96.4 Å². The summed E-state index contributed by atoms with van der Waals surface area (Å²) in [5, 5.41) is 20.9. The molecular weight excluding hydrogens is 282 g/mol. The van der Waals surface area contributed by atoms with E-state index in [-0.39, 0.29) is 31.6 Å². The molecule has 2 aromatic rings. The quantitative estimate of drug-likeness (QED) is 0.481. The van der Waals surface area contributed by atoms with E-state index < -0.39 is 0 Å². The SMILES string of the molecule is CC=NC(=N)c1nc(-c2cccc(C)c2)n(COCCO)n1. The summed E-state index contributed by atoms with van der Waals surface area (Å²) >= 11 is 0. The fourth-order valence-corrected chi connectivity index (χ4v) is 1.93. The van der Waals surface area contributed by atoms with Gasteiger partial charge in [0.15, 0.2) is 11.7 Å². The summed E-state index contributed by atoms with van der Waals surface area (Å²) in [6.07, 6.45) is 1.53. The number of benzene rings is 1. The first-order chi connectivity index (χ1) is 10.7. The first kappa shape index (κ1) is 16.0. The predicted octanol–water partition coefficient (Wildman–Crippen LogP) is 1.64. The predicted molar refractivity (Wildman–Crippen MR) is 84.2 cm³/mol. The lowest BCUT2D eigenvalue weighted by Gasteiger charge is -2.06. The van der Waals surface area contributed by atoms with E-state index in [1.54, 1.807) is 11.6 Å². The van der Waals surface area contributed by atoms with Crippen molar-refractivity contribution in [2.24, 2.45) is 4.99 Å². The molecule has 1 aromatic carbocycles. The Hall–Kier alpha value is -2.38. The third-order valence-electron chi connectivity index (χ3n) is 2.87. The van der Waals surface area contributed by atoms with Gasteiger partial charge in [0.05, 0.1) is 13.2 Å². The van der Waals surface area contributed by atoms with Crippen LogP contribution in [0, 0.1) is 12.3 Å². The molecular formula is C15H19N5O2. The van der Waals surface area contributed by atoms with Crippen molar-refractivity contribution in [2.45, 2.75) is 20.6 Å². The number of rotatable bonds is 6. The van der Waals surface area contributed by atoms with E-state index in [0.29, 0.717) is 5.82 Å². The van der Waals surface area contributed by atoms with Crippen LogP contribution >= 0.6 is 0 Å². The van der Waals surface area contributed by atoms with Crippen molar-refractivity contribution in [3.63, 3.8) is 0 Å². The van der Waals surface area contributed by atoms with Crippen molar-refractivity contribution in [1.29, 1.82) is 5.41 Å². The van der Waals surface area contributed by atoms with E-state index in [2.05, 4.69) is 15.1 Å². The average Bonchev–Trinajstić information content (AvgIpc) is 2.92. The van der Waals surface area contributed by atoms with Crippen LogP contribution < -0.4 is 0 Å². The minimum absolute atomic E-state index is 0.00249. The number of nitrogens with one attached hydrogen (secondary N) is 1. The third-order valence-corrected chi connectivity index (χ3v) is 2.87. The Morgan fingerprint density at radius 2 is 2.32 bits per heavy atom. The fraction of sp³-hybridized carbons (Fsp3) is 0.333. The number of amidine groups is 1. The average molecular weight is 301 g/mol. The normalized spacial score (nSPS) is 11.2. The van der Waals surface area contributed by atoms with Gasteiger partial charge in [-0.05, 0) is 19.9 Å². The van der Waals surface area contributed by atoms with Gasteiger partial charge in [-0.3, -0.25) is 5.41 Å². The zero-order chi connectivity index (χ0) is 15.9. The highest BCUT2D eigenvalue weighted by atomic mass is 16.5. The summed E-state index contributed by atoms with van der Waals surface area (Å²) in [4.78, 5) is 8.29. The second kappa shape index (κ2) is 7.58. The minimum Gasteiger partial charge on any atom is -0.394 e. The number of hydrogen-bond acceptors (Lipinski definition) is 5. The van der Waals surface area contributed by atoms with Crippen LogP contribution in [0.15, 0.2) is 29.3 Å². The van der Waals surface area contributed by atoms with Crippen molar-refractivity contribution < 1.29 is 9.84 Å². The van der Waals surface area contributed by atoms with E-state index in [4.69, 9.17) is 15.3 Å². The van der Waals surface area contributed by atoms with Crippen LogP contribution in [0.2, 0.25) is 0 Å². The highest BCUT2D eigenvalue weighted by Gasteiger charge is 2.15. The molecule has 7 nitrogen and oxygen atoms in total. The summed E-state index contributed by atoms with van der Waals surface area (Å²) in [6.45, 7) is 4.04. The molecule has 116 valence electrons. The molecule has 0 radical (unpaired) electrons. The second-order valence-corrected chi connectivity index (χ2v) is 4.62. The van der Waals surface area contributed by atoms with Crippen LogP contribution in [-0.2, 0) is 11.5 Å². The summed E-state index contributed by atoms with van der Waals surface area (Å²) in [7, 11) is 0. The van der Waals surface area contributed by atoms with Gasteiger partial charge in [0.1, 0.15) is 6.73 Å². The fourth-order valence-electron chi connectivity index (χ4n) is 1.93. The molecule has 0 saturated carbocycles. The number of nitrogens with zero attached hydrogens (tertiary/aromatic N) is 4. The van der Waals surface area contributed by atoms with Crippen molar-refractivity contribution in [3.8, 4) is 11.4 Å². The smallest absolute Gasteiger partial charge is 0.219 e. The molecule has 7 heteroatoms. The maximum absolute atomic E-state index is 8.81. The number of aliphatic hydroxyl groups is 1. The Morgan fingerprint density at radius 3 is 3.00 bits per heavy atom. The number of aliphatic hydroxyl groups excluding tert-OH is 1. The molecule has 1 aromatic heterocycles. The zero-order valence-electron chi connectivity index (χ0n) is 12.7. The number of hydrogen-bond donors (Lipinski definition) is 2. The minimum atomic E-state index is -0.0583. The second-order valence-electron chi connectivity index (χ2n) is 4.62. The Morgan fingerprint density at radius 1 is 1.50 bits per heavy atom. The van der Waals surface area contributed by atoms with Gasteiger partial charge in [-0.1, -0.05) is 23.8 Å². The standard InChI is InChI=1S/C15H19N5O2/c1-3-17-13(16)14-18-15(12-6-4-5-11(2)9-12)20(19-14)10-22-8-7-21/h3-6,9,16,21H,7-8,10H2,1-2H3. The molecule has 0 amide bonds. The Bertz CT molecular complexity index is 678. The van der Waals surface area contributed by atoms with E-state index in [0.717, 1.165) is 11.1 Å². The molecule has 2 N–H and O–H groups in total. The number of aryl methyl sites for hydroxylation is 1. The monoisotopic (exact) mass is 301 g/mol. The summed E-state index contributed by atoms with van der Waals surface area (Å²) in [5.41, 5.74) is 1.99. The van der Waals surface area contributed by atoms with Gasteiger partial charge >= 0.3 is 0 Å². The van der Waals surface area contributed by atoms with E-state index >= 15 is 0 Å². The summed E-state index contributed by atoms with van der Waals surface area (Å²) in [6, 6.07) is 7.85. The number of aromatic nitrogens is 3. The summed E-state index contributed by atoms with van der Waals surface area (Å²) < 4.78 is 6.88. The number of aliphatic imine (C=N–C) groups is 1. The van der Waals surface area contributed by atoms with Crippen LogP contribution in [-0.4, -0.2) is 45.1 Å². The lowest BCUT2D eigenvalue weighted by molar-refractivity contribution is 0.0426. The molecule has 0 bridgehead atoms.